The molecule has 24 heavy (non-hydrogen) atoms. The summed E-state index contributed by atoms with van der Waals surface area (Å²) in [5, 5.41) is 4.29. The molecular formula is C17H26Cl3N3O. The van der Waals surface area contributed by atoms with Crippen LogP contribution in [-0.2, 0) is 13.0 Å². The molecule has 0 bridgehead atoms. The first-order valence-corrected chi connectivity index (χ1v) is 8.03. The van der Waals surface area contributed by atoms with Crippen molar-refractivity contribution in [3.8, 4) is 0 Å². The van der Waals surface area contributed by atoms with E-state index in [2.05, 4.69) is 26.1 Å². The molecule has 0 aliphatic carbocycles. The number of fused-ring (bicyclic) bond motifs is 1. The number of aromatic nitrogens is 2. The Morgan fingerprint density at radius 2 is 1.92 bits per heavy atom. The number of rotatable bonds is 5. The fourth-order valence-corrected chi connectivity index (χ4v) is 2.66. The quantitative estimate of drug-likeness (QED) is 0.777. The fourth-order valence-electron chi connectivity index (χ4n) is 2.49. The van der Waals surface area contributed by atoms with Crippen molar-refractivity contribution in [3.05, 3.63) is 39.4 Å². The molecule has 0 aliphatic heterocycles. The first-order chi connectivity index (χ1) is 10.3. The average molecular weight is 395 g/mol. The molecule has 0 saturated carbocycles. The lowest BCUT2D eigenvalue weighted by molar-refractivity contribution is 0.330. The summed E-state index contributed by atoms with van der Waals surface area (Å²) in [6.45, 7) is 7.93. The van der Waals surface area contributed by atoms with E-state index in [0.29, 0.717) is 17.0 Å². The predicted octanol–water partition coefficient (Wildman–Crippen LogP) is 4.09. The minimum atomic E-state index is 0. The number of hydrogen-bond acceptors (Lipinski definition) is 3. The third kappa shape index (κ3) is 5.92. The molecule has 0 fully saturated rings. The summed E-state index contributed by atoms with van der Waals surface area (Å²) in [7, 11) is 1.93. The Labute approximate surface area is 160 Å². The van der Waals surface area contributed by atoms with E-state index in [4.69, 9.17) is 16.6 Å². The van der Waals surface area contributed by atoms with Gasteiger partial charge in [-0.1, -0.05) is 32.4 Å². The van der Waals surface area contributed by atoms with E-state index >= 15 is 0 Å². The molecule has 0 spiro atoms. The van der Waals surface area contributed by atoms with Gasteiger partial charge in [-0.25, -0.2) is 4.98 Å². The van der Waals surface area contributed by atoms with Crippen LogP contribution in [0.1, 0.15) is 33.0 Å². The minimum absolute atomic E-state index is 0. The van der Waals surface area contributed by atoms with Crippen molar-refractivity contribution in [2.24, 2.45) is 5.41 Å². The van der Waals surface area contributed by atoms with Gasteiger partial charge in [0, 0.05) is 18.0 Å². The van der Waals surface area contributed by atoms with Crippen molar-refractivity contribution >= 4 is 47.3 Å². The second-order valence-corrected chi connectivity index (χ2v) is 7.29. The molecule has 1 aromatic heterocycles. The number of aryl methyl sites for hydroxylation is 1. The molecule has 1 N–H and O–H groups in total. The maximum Gasteiger partial charge on any atom is 0.261 e. The summed E-state index contributed by atoms with van der Waals surface area (Å²) in [5.41, 5.74) is 0.732. The van der Waals surface area contributed by atoms with Crippen LogP contribution in [0.3, 0.4) is 0 Å². The highest BCUT2D eigenvalue weighted by atomic mass is 35.5. The SMILES string of the molecule is CNCCCc1nc2ccc(Cl)cc2c(=O)n1CC(C)(C)C.Cl.Cl. The normalized spacial score (nSPS) is 11.0. The highest BCUT2D eigenvalue weighted by molar-refractivity contribution is 6.31. The van der Waals surface area contributed by atoms with Gasteiger partial charge < -0.3 is 5.32 Å². The van der Waals surface area contributed by atoms with Crippen molar-refractivity contribution in [2.45, 2.75) is 40.2 Å². The van der Waals surface area contributed by atoms with E-state index in [-0.39, 0.29) is 35.8 Å². The number of benzene rings is 1. The topological polar surface area (TPSA) is 46.9 Å². The van der Waals surface area contributed by atoms with Crippen LogP contribution >= 0.6 is 36.4 Å². The van der Waals surface area contributed by atoms with E-state index in [1.54, 1.807) is 12.1 Å². The molecule has 7 heteroatoms. The first kappa shape index (κ1) is 23.2. The maximum absolute atomic E-state index is 12.9. The lowest BCUT2D eigenvalue weighted by Crippen LogP contribution is -2.31. The molecule has 0 saturated heterocycles. The zero-order chi connectivity index (χ0) is 16.3. The van der Waals surface area contributed by atoms with Crippen molar-refractivity contribution < 1.29 is 0 Å². The number of nitrogens with one attached hydrogen (secondary N) is 1. The highest BCUT2D eigenvalue weighted by Gasteiger charge is 2.17. The second-order valence-electron chi connectivity index (χ2n) is 6.85. The van der Waals surface area contributed by atoms with Crippen molar-refractivity contribution in [1.29, 1.82) is 0 Å². The Balaban J connectivity index is 0.00000264. The lowest BCUT2D eigenvalue weighted by atomic mass is 9.96. The van der Waals surface area contributed by atoms with Crippen molar-refractivity contribution in [2.75, 3.05) is 13.6 Å². The summed E-state index contributed by atoms with van der Waals surface area (Å²) in [6.07, 6.45) is 1.73. The summed E-state index contributed by atoms with van der Waals surface area (Å²) in [5.74, 6) is 0.852. The van der Waals surface area contributed by atoms with Gasteiger partial charge in [-0.3, -0.25) is 9.36 Å². The lowest BCUT2D eigenvalue weighted by Gasteiger charge is -2.22. The number of hydrogen-bond donors (Lipinski definition) is 1. The monoisotopic (exact) mass is 393 g/mol. The van der Waals surface area contributed by atoms with Gasteiger partial charge in [0.25, 0.3) is 5.56 Å². The average Bonchev–Trinajstić information content (AvgIpc) is 2.43. The largest absolute Gasteiger partial charge is 0.320 e. The van der Waals surface area contributed by atoms with Crippen LogP contribution in [0.15, 0.2) is 23.0 Å². The van der Waals surface area contributed by atoms with E-state index in [1.165, 1.54) is 0 Å². The molecule has 136 valence electrons. The Hall–Kier alpha value is -0.810. The van der Waals surface area contributed by atoms with Gasteiger partial charge in [0.05, 0.1) is 10.9 Å². The van der Waals surface area contributed by atoms with Crippen molar-refractivity contribution in [1.82, 2.24) is 14.9 Å². The molecule has 2 aromatic rings. The van der Waals surface area contributed by atoms with Crippen LogP contribution in [0.25, 0.3) is 10.9 Å². The Bertz CT molecular complexity index is 723. The van der Waals surface area contributed by atoms with Crippen LogP contribution < -0.4 is 10.9 Å². The fraction of sp³-hybridized carbons (Fsp3) is 0.529. The first-order valence-electron chi connectivity index (χ1n) is 7.65. The van der Waals surface area contributed by atoms with Gasteiger partial charge in [0.1, 0.15) is 5.82 Å². The van der Waals surface area contributed by atoms with Gasteiger partial charge >= 0.3 is 0 Å². The van der Waals surface area contributed by atoms with E-state index in [9.17, 15) is 4.79 Å². The number of nitrogens with zero attached hydrogens (tertiary/aromatic N) is 2. The predicted molar refractivity (Wildman–Crippen MR) is 107 cm³/mol. The highest BCUT2D eigenvalue weighted by Crippen LogP contribution is 2.20. The zero-order valence-corrected chi connectivity index (χ0v) is 16.9. The van der Waals surface area contributed by atoms with Gasteiger partial charge in [-0.05, 0) is 43.6 Å². The van der Waals surface area contributed by atoms with E-state index < -0.39 is 0 Å². The number of halogens is 3. The summed E-state index contributed by atoms with van der Waals surface area (Å²) in [6, 6.07) is 5.31. The molecule has 4 nitrogen and oxygen atoms in total. The molecule has 2 rings (SSSR count). The van der Waals surface area contributed by atoms with Gasteiger partial charge in [0.15, 0.2) is 0 Å². The van der Waals surface area contributed by atoms with Gasteiger partial charge in [0.2, 0.25) is 0 Å². The molecule has 0 atom stereocenters. The zero-order valence-electron chi connectivity index (χ0n) is 14.6. The molecular weight excluding hydrogens is 369 g/mol. The third-order valence-electron chi connectivity index (χ3n) is 3.45. The summed E-state index contributed by atoms with van der Waals surface area (Å²) >= 11 is 6.03. The molecule has 1 aromatic carbocycles. The molecule has 0 unspecified atom stereocenters. The Morgan fingerprint density at radius 1 is 1.25 bits per heavy atom. The molecule has 0 amide bonds. The van der Waals surface area contributed by atoms with Crippen LogP contribution in [-0.4, -0.2) is 23.1 Å². The van der Waals surface area contributed by atoms with Gasteiger partial charge in [-0.2, -0.15) is 0 Å². The minimum Gasteiger partial charge on any atom is -0.320 e. The van der Waals surface area contributed by atoms with Crippen molar-refractivity contribution in [3.63, 3.8) is 0 Å². The molecule has 0 aliphatic rings. The van der Waals surface area contributed by atoms with E-state index in [0.717, 1.165) is 30.7 Å². The van der Waals surface area contributed by atoms with Crippen LogP contribution in [0, 0.1) is 5.41 Å². The summed E-state index contributed by atoms with van der Waals surface area (Å²) < 4.78 is 1.81. The second kappa shape index (κ2) is 9.62. The van der Waals surface area contributed by atoms with Crippen LogP contribution in [0.5, 0.6) is 0 Å². The summed E-state index contributed by atoms with van der Waals surface area (Å²) in [4.78, 5) is 17.6. The van der Waals surface area contributed by atoms with Crippen LogP contribution in [0.2, 0.25) is 5.02 Å². The third-order valence-corrected chi connectivity index (χ3v) is 3.69. The Kier molecular flexibility index (Phi) is 9.29. The van der Waals surface area contributed by atoms with Gasteiger partial charge in [-0.15, -0.1) is 24.8 Å². The van der Waals surface area contributed by atoms with E-state index in [1.807, 2.05) is 17.7 Å². The standard InChI is InChI=1S/C17H24ClN3O.2ClH/c1-17(2,3)11-21-15(6-5-9-19-4)20-14-8-7-12(18)10-13(14)16(21)22;;/h7-8,10,19H,5-6,9,11H2,1-4H3;2*1H. The maximum atomic E-state index is 12.9. The molecule has 1 heterocycles. The molecule has 0 radical (unpaired) electrons. The van der Waals surface area contributed by atoms with Crippen LogP contribution in [0.4, 0.5) is 0 Å². The smallest absolute Gasteiger partial charge is 0.261 e. The Morgan fingerprint density at radius 3 is 2.50 bits per heavy atom.